The van der Waals surface area contributed by atoms with Gasteiger partial charge in [0.25, 0.3) is 0 Å². The first-order valence-corrected chi connectivity index (χ1v) is 8.26. The third-order valence-electron chi connectivity index (χ3n) is 3.70. The minimum Gasteiger partial charge on any atom is -0.392 e. The number of hydrogen-bond donors (Lipinski definition) is 3. The zero-order valence-electron chi connectivity index (χ0n) is 14.6. The summed E-state index contributed by atoms with van der Waals surface area (Å²) in [6.45, 7) is 7.42. The summed E-state index contributed by atoms with van der Waals surface area (Å²) < 4.78 is 0. The topological polar surface area (TPSA) is 70.6 Å². The third kappa shape index (κ3) is 10.5. The smallest absolute Gasteiger partial charge is 0.188 e. The highest BCUT2D eigenvalue weighted by Crippen LogP contribution is 2.08. The van der Waals surface area contributed by atoms with E-state index in [2.05, 4.69) is 31.1 Å². The molecule has 4 nitrogen and oxygen atoms in total. The monoisotopic (exact) mass is 433 g/mol. The molecule has 0 heterocycles. The predicted molar refractivity (Wildman–Crippen MR) is 109 cm³/mol. The summed E-state index contributed by atoms with van der Waals surface area (Å²) in [6, 6.07) is 8.30. The second kappa shape index (κ2) is 12.6. The molecular weight excluding hydrogens is 401 g/mol. The van der Waals surface area contributed by atoms with Crippen molar-refractivity contribution in [2.75, 3.05) is 6.54 Å². The van der Waals surface area contributed by atoms with Crippen molar-refractivity contribution in [3.05, 3.63) is 35.4 Å². The molecule has 1 atom stereocenters. The van der Waals surface area contributed by atoms with E-state index in [9.17, 15) is 0 Å². The van der Waals surface area contributed by atoms with Crippen molar-refractivity contribution in [2.24, 2.45) is 16.6 Å². The number of aliphatic hydroxyl groups excluding tert-OH is 1. The fourth-order valence-corrected chi connectivity index (χ4v) is 2.32. The highest BCUT2D eigenvalue weighted by atomic mass is 127. The van der Waals surface area contributed by atoms with Crippen LogP contribution in [0.3, 0.4) is 0 Å². The lowest BCUT2D eigenvalue weighted by Crippen LogP contribution is -2.38. The van der Waals surface area contributed by atoms with Crippen molar-refractivity contribution in [2.45, 2.75) is 59.1 Å². The van der Waals surface area contributed by atoms with Crippen LogP contribution in [0.15, 0.2) is 29.3 Å². The minimum atomic E-state index is 0. The molecule has 132 valence electrons. The molecular formula is C18H32IN3O. The van der Waals surface area contributed by atoms with Crippen molar-refractivity contribution in [1.82, 2.24) is 5.32 Å². The van der Waals surface area contributed by atoms with Crippen molar-refractivity contribution in [3.8, 4) is 0 Å². The maximum atomic E-state index is 9.01. The molecule has 0 radical (unpaired) electrons. The number of nitrogens with one attached hydrogen (secondary N) is 1. The zero-order chi connectivity index (χ0) is 16.4. The molecule has 0 spiro atoms. The first kappa shape index (κ1) is 22.2. The van der Waals surface area contributed by atoms with Gasteiger partial charge in [-0.3, -0.25) is 4.99 Å². The number of aliphatic hydroxyl groups is 1. The highest BCUT2D eigenvalue weighted by molar-refractivity contribution is 14.0. The molecule has 0 fully saturated rings. The summed E-state index contributed by atoms with van der Waals surface area (Å²) in [7, 11) is 0. The number of aliphatic imine (C=N–C) groups is 1. The molecule has 0 saturated heterocycles. The number of rotatable bonds is 9. The van der Waals surface area contributed by atoms with Crippen molar-refractivity contribution in [3.63, 3.8) is 0 Å². The first-order valence-electron chi connectivity index (χ1n) is 8.26. The molecule has 1 aromatic carbocycles. The van der Waals surface area contributed by atoms with Crippen molar-refractivity contribution >= 4 is 29.9 Å². The van der Waals surface area contributed by atoms with Crippen LogP contribution in [-0.2, 0) is 13.0 Å². The van der Waals surface area contributed by atoms with E-state index in [0.29, 0.717) is 18.5 Å². The van der Waals surface area contributed by atoms with Gasteiger partial charge >= 0.3 is 0 Å². The summed E-state index contributed by atoms with van der Waals surface area (Å²) in [5.41, 5.74) is 8.06. The lowest BCUT2D eigenvalue weighted by molar-refractivity contribution is 0.282. The highest BCUT2D eigenvalue weighted by Gasteiger charge is 2.03. The van der Waals surface area contributed by atoms with Gasteiger partial charge in [0.15, 0.2) is 5.96 Å². The standard InChI is InChI=1S/C18H31N3O.HI/c1-14(2)5-4-6-15(3)21-18(19)20-12-11-16-7-9-17(13-22)10-8-16;/h7-10,14-15,22H,4-6,11-13H2,1-3H3,(H3,19,20,21);1H. The van der Waals surface area contributed by atoms with Crippen LogP contribution in [0.5, 0.6) is 0 Å². The van der Waals surface area contributed by atoms with Gasteiger partial charge in [0.05, 0.1) is 6.61 Å². The van der Waals surface area contributed by atoms with Crippen molar-refractivity contribution in [1.29, 1.82) is 0 Å². The Hall–Kier alpha value is -0.820. The number of nitrogens with two attached hydrogens (primary N) is 1. The van der Waals surface area contributed by atoms with E-state index in [4.69, 9.17) is 10.8 Å². The van der Waals surface area contributed by atoms with Gasteiger partial charge in [-0.15, -0.1) is 24.0 Å². The van der Waals surface area contributed by atoms with E-state index in [-0.39, 0.29) is 30.6 Å². The van der Waals surface area contributed by atoms with Crippen LogP contribution >= 0.6 is 24.0 Å². The van der Waals surface area contributed by atoms with Gasteiger partial charge in [0.1, 0.15) is 0 Å². The van der Waals surface area contributed by atoms with Crippen molar-refractivity contribution < 1.29 is 5.11 Å². The predicted octanol–water partition coefficient (Wildman–Crippen LogP) is 3.46. The van der Waals surface area contributed by atoms with Crippen LogP contribution in [0, 0.1) is 5.92 Å². The molecule has 0 bridgehead atoms. The van der Waals surface area contributed by atoms with Gasteiger partial charge in [-0.25, -0.2) is 0 Å². The average molecular weight is 433 g/mol. The van der Waals surface area contributed by atoms with Crippen LogP contribution in [0.4, 0.5) is 0 Å². The zero-order valence-corrected chi connectivity index (χ0v) is 16.9. The Kier molecular flexibility index (Phi) is 12.1. The lowest BCUT2D eigenvalue weighted by atomic mass is 10.0. The molecule has 23 heavy (non-hydrogen) atoms. The van der Waals surface area contributed by atoms with E-state index in [1.807, 2.05) is 24.3 Å². The Balaban J connectivity index is 0.00000484. The normalized spacial score (nSPS) is 12.8. The molecule has 0 aromatic heterocycles. The van der Waals surface area contributed by atoms with Gasteiger partial charge in [0.2, 0.25) is 0 Å². The quantitative estimate of drug-likeness (QED) is 0.317. The lowest BCUT2D eigenvalue weighted by Gasteiger charge is -2.15. The molecule has 0 aliphatic carbocycles. The molecule has 0 aliphatic rings. The molecule has 0 aliphatic heterocycles. The molecule has 5 heteroatoms. The number of nitrogens with zero attached hydrogens (tertiary/aromatic N) is 1. The van der Waals surface area contributed by atoms with E-state index >= 15 is 0 Å². The summed E-state index contributed by atoms with van der Waals surface area (Å²) in [6.07, 6.45) is 4.45. The van der Waals surface area contributed by atoms with Crippen LogP contribution in [0.2, 0.25) is 0 Å². The van der Waals surface area contributed by atoms with Crippen LogP contribution in [0.25, 0.3) is 0 Å². The Morgan fingerprint density at radius 1 is 1.13 bits per heavy atom. The Bertz CT molecular complexity index is 446. The summed E-state index contributed by atoms with van der Waals surface area (Å²) in [4.78, 5) is 4.38. The molecule has 0 saturated carbocycles. The van der Waals surface area contributed by atoms with E-state index < -0.39 is 0 Å². The van der Waals surface area contributed by atoms with E-state index in [1.165, 1.54) is 18.4 Å². The maximum absolute atomic E-state index is 9.01. The van der Waals surface area contributed by atoms with E-state index in [0.717, 1.165) is 24.3 Å². The number of guanidine groups is 1. The average Bonchev–Trinajstić information content (AvgIpc) is 2.47. The van der Waals surface area contributed by atoms with Crippen LogP contribution < -0.4 is 11.1 Å². The minimum absolute atomic E-state index is 0. The summed E-state index contributed by atoms with van der Waals surface area (Å²) >= 11 is 0. The molecule has 1 aromatic rings. The Labute approximate surface area is 158 Å². The third-order valence-corrected chi connectivity index (χ3v) is 3.70. The van der Waals surface area contributed by atoms with Crippen LogP contribution in [-0.4, -0.2) is 23.7 Å². The largest absolute Gasteiger partial charge is 0.392 e. The van der Waals surface area contributed by atoms with Crippen LogP contribution in [0.1, 0.15) is 51.2 Å². The van der Waals surface area contributed by atoms with Gasteiger partial charge < -0.3 is 16.2 Å². The fraction of sp³-hybridized carbons (Fsp3) is 0.611. The summed E-state index contributed by atoms with van der Waals surface area (Å²) in [5.74, 6) is 1.29. The van der Waals surface area contributed by atoms with Gasteiger partial charge in [-0.05, 0) is 36.8 Å². The second-order valence-electron chi connectivity index (χ2n) is 6.36. The number of hydrogen-bond acceptors (Lipinski definition) is 2. The van der Waals surface area contributed by atoms with Gasteiger partial charge in [0, 0.05) is 12.6 Å². The molecule has 1 rings (SSSR count). The fourth-order valence-electron chi connectivity index (χ4n) is 2.32. The first-order chi connectivity index (χ1) is 10.5. The molecule has 1 unspecified atom stereocenters. The number of halogens is 1. The van der Waals surface area contributed by atoms with E-state index in [1.54, 1.807) is 0 Å². The Morgan fingerprint density at radius 3 is 2.30 bits per heavy atom. The maximum Gasteiger partial charge on any atom is 0.188 e. The summed E-state index contributed by atoms with van der Waals surface area (Å²) in [5, 5.41) is 12.3. The number of benzene rings is 1. The van der Waals surface area contributed by atoms with Gasteiger partial charge in [-0.1, -0.05) is 51.0 Å². The van der Waals surface area contributed by atoms with Gasteiger partial charge in [-0.2, -0.15) is 0 Å². The SMILES string of the molecule is CC(C)CCCC(C)NC(N)=NCCc1ccc(CO)cc1.I. The Morgan fingerprint density at radius 2 is 1.74 bits per heavy atom. The second-order valence-corrected chi connectivity index (χ2v) is 6.36. The molecule has 0 amide bonds. The molecule has 4 N–H and O–H groups in total.